The van der Waals surface area contributed by atoms with Crippen LogP contribution in [0.3, 0.4) is 0 Å². The highest BCUT2D eigenvalue weighted by molar-refractivity contribution is 9.10. The summed E-state index contributed by atoms with van der Waals surface area (Å²) in [6.07, 6.45) is 3.29. The molecule has 0 aromatic carbocycles. The first-order chi connectivity index (χ1) is 5.33. The highest BCUT2D eigenvalue weighted by atomic mass is 79.9. The van der Waals surface area contributed by atoms with Gasteiger partial charge in [0, 0.05) is 12.4 Å². The first-order valence-electron chi connectivity index (χ1n) is 2.99. The molecule has 0 aliphatic rings. The molecule has 4 heteroatoms. The van der Waals surface area contributed by atoms with Crippen LogP contribution in [-0.2, 0) is 0 Å². The van der Waals surface area contributed by atoms with Gasteiger partial charge >= 0.3 is 0 Å². The lowest BCUT2D eigenvalue weighted by atomic mass is 10.5. The molecule has 1 heterocycles. The SMILES string of the molecule is NCC#Cc1ncc(Br)cn1. The molecule has 0 radical (unpaired) electrons. The summed E-state index contributed by atoms with van der Waals surface area (Å²) in [4.78, 5) is 7.86. The summed E-state index contributed by atoms with van der Waals surface area (Å²) < 4.78 is 0.843. The van der Waals surface area contributed by atoms with Crippen molar-refractivity contribution >= 4 is 15.9 Å². The first kappa shape index (κ1) is 8.18. The number of hydrogen-bond acceptors (Lipinski definition) is 3. The van der Waals surface area contributed by atoms with E-state index in [-0.39, 0.29) is 0 Å². The van der Waals surface area contributed by atoms with Crippen LogP contribution in [0.15, 0.2) is 16.9 Å². The van der Waals surface area contributed by atoms with Crippen molar-refractivity contribution in [2.75, 3.05) is 6.54 Å². The maximum atomic E-state index is 5.17. The zero-order valence-electron chi connectivity index (χ0n) is 5.71. The molecule has 0 aliphatic heterocycles. The summed E-state index contributed by atoms with van der Waals surface area (Å²) in [5.74, 6) is 5.87. The minimum absolute atomic E-state index is 0.333. The van der Waals surface area contributed by atoms with Gasteiger partial charge in [-0.3, -0.25) is 0 Å². The third-order valence-electron chi connectivity index (χ3n) is 0.923. The molecule has 1 rings (SSSR count). The summed E-state index contributed by atoms with van der Waals surface area (Å²) in [6, 6.07) is 0. The quantitative estimate of drug-likeness (QED) is 0.639. The summed E-state index contributed by atoms with van der Waals surface area (Å²) in [5.41, 5.74) is 5.17. The van der Waals surface area contributed by atoms with Crippen molar-refractivity contribution in [3.05, 3.63) is 22.7 Å². The molecule has 0 saturated heterocycles. The Balaban J connectivity index is 2.82. The largest absolute Gasteiger partial charge is 0.320 e. The highest BCUT2D eigenvalue weighted by Gasteiger charge is 1.88. The summed E-state index contributed by atoms with van der Waals surface area (Å²) in [5, 5.41) is 0. The number of hydrogen-bond donors (Lipinski definition) is 1. The Labute approximate surface area is 73.2 Å². The molecule has 0 amide bonds. The van der Waals surface area contributed by atoms with E-state index >= 15 is 0 Å². The van der Waals surface area contributed by atoms with Crippen LogP contribution in [-0.4, -0.2) is 16.5 Å². The molecule has 56 valence electrons. The van der Waals surface area contributed by atoms with Crippen molar-refractivity contribution in [2.24, 2.45) is 5.73 Å². The third kappa shape index (κ3) is 2.66. The van der Waals surface area contributed by atoms with E-state index in [1.54, 1.807) is 12.4 Å². The van der Waals surface area contributed by atoms with E-state index in [1.807, 2.05) is 0 Å². The van der Waals surface area contributed by atoms with Gasteiger partial charge in [0.15, 0.2) is 0 Å². The molecular formula is C7H6BrN3. The summed E-state index contributed by atoms with van der Waals surface area (Å²) in [6.45, 7) is 0.333. The topological polar surface area (TPSA) is 51.8 Å². The van der Waals surface area contributed by atoms with E-state index in [4.69, 9.17) is 5.73 Å². The van der Waals surface area contributed by atoms with Crippen LogP contribution in [0.1, 0.15) is 5.82 Å². The number of nitrogens with zero attached hydrogens (tertiary/aromatic N) is 2. The first-order valence-corrected chi connectivity index (χ1v) is 3.78. The second-order valence-electron chi connectivity index (χ2n) is 1.73. The van der Waals surface area contributed by atoms with Crippen LogP contribution < -0.4 is 5.73 Å². The van der Waals surface area contributed by atoms with E-state index in [0.29, 0.717) is 12.4 Å². The maximum absolute atomic E-state index is 5.17. The number of nitrogens with two attached hydrogens (primary N) is 1. The maximum Gasteiger partial charge on any atom is 0.204 e. The monoisotopic (exact) mass is 211 g/mol. The number of halogens is 1. The van der Waals surface area contributed by atoms with Gasteiger partial charge in [0.2, 0.25) is 5.82 Å². The average Bonchev–Trinajstić information content (AvgIpc) is 2.04. The Hall–Kier alpha value is -0.920. The van der Waals surface area contributed by atoms with Gasteiger partial charge in [-0.1, -0.05) is 5.92 Å². The zero-order valence-corrected chi connectivity index (χ0v) is 7.30. The van der Waals surface area contributed by atoms with Crippen LogP contribution in [0.5, 0.6) is 0 Å². The molecule has 3 nitrogen and oxygen atoms in total. The molecule has 0 unspecified atom stereocenters. The summed E-state index contributed by atoms with van der Waals surface area (Å²) >= 11 is 3.22. The smallest absolute Gasteiger partial charge is 0.204 e. The fourth-order valence-corrected chi connectivity index (χ4v) is 0.712. The van der Waals surface area contributed by atoms with E-state index in [2.05, 4.69) is 37.7 Å². The Kier molecular flexibility index (Phi) is 3.02. The summed E-state index contributed by atoms with van der Waals surface area (Å²) in [7, 11) is 0. The van der Waals surface area contributed by atoms with Gasteiger partial charge in [0.1, 0.15) is 0 Å². The van der Waals surface area contributed by atoms with E-state index in [1.165, 1.54) is 0 Å². The van der Waals surface area contributed by atoms with Gasteiger partial charge in [-0.15, -0.1) is 0 Å². The van der Waals surface area contributed by atoms with Gasteiger partial charge in [0.05, 0.1) is 11.0 Å². The van der Waals surface area contributed by atoms with Crippen molar-refractivity contribution in [2.45, 2.75) is 0 Å². The van der Waals surface area contributed by atoms with E-state index in [0.717, 1.165) is 4.47 Å². The lowest BCUT2D eigenvalue weighted by Gasteiger charge is -1.87. The number of aromatic nitrogens is 2. The molecule has 1 aromatic rings. The van der Waals surface area contributed by atoms with Crippen molar-refractivity contribution in [1.29, 1.82) is 0 Å². The zero-order chi connectivity index (χ0) is 8.10. The van der Waals surface area contributed by atoms with Crippen molar-refractivity contribution in [3.63, 3.8) is 0 Å². The van der Waals surface area contributed by atoms with Gasteiger partial charge < -0.3 is 5.73 Å². The van der Waals surface area contributed by atoms with E-state index in [9.17, 15) is 0 Å². The van der Waals surface area contributed by atoms with Crippen molar-refractivity contribution < 1.29 is 0 Å². The van der Waals surface area contributed by atoms with E-state index < -0.39 is 0 Å². The fraction of sp³-hybridized carbons (Fsp3) is 0.143. The van der Waals surface area contributed by atoms with Gasteiger partial charge in [0.25, 0.3) is 0 Å². The normalized spacial score (nSPS) is 8.55. The molecule has 0 atom stereocenters. The van der Waals surface area contributed by atoms with Crippen LogP contribution in [0, 0.1) is 11.8 Å². The molecule has 0 bridgehead atoms. The molecule has 1 aromatic heterocycles. The van der Waals surface area contributed by atoms with Crippen LogP contribution in [0.4, 0.5) is 0 Å². The van der Waals surface area contributed by atoms with Gasteiger partial charge in [-0.2, -0.15) is 0 Å². The average molecular weight is 212 g/mol. The molecular weight excluding hydrogens is 206 g/mol. The minimum Gasteiger partial charge on any atom is -0.320 e. The Morgan fingerprint density at radius 2 is 2.09 bits per heavy atom. The van der Waals surface area contributed by atoms with Crippen molar-refractivity contribution in [3.8, 4) is 11.8 Å². The third-order valence-corrected chi connectivity index (χ3v) is 1.33. The molecule has 2 N–H and O–H groups in total. The Morgan fingerprint density at radius 3 is 2.64 bits per heavy atom. The van der Waals surface area contributed by atoms with Gasteiger partial charge in [-0.05, 0) is 21.9 Å². The molecule has 0 spiro atoms. The van der Waals surface area contributed by atoms with Crippen LogP contribution >= 0.6 is 15.9 Å². The fourth-order valence-electron chi connectivity index (χ4n) is 0.507. The van der Waals surface area contributed by atoms with Crippen LogP contribution in [0.2, 0.25) is 0 Å². The predicted octanol–water partition coefficient (Wildman–Crippen LogP) is 0.549. The lowest BCUT2D eigenvalue weighted by molar-refractivity contribution is 1.11. The highest BCUT2D eigenvalue weighted by Crippen LogP contribution is 2.03. The van der Waals surface area contributed by atoms with Crippen molar-refractivity contribution in [1.82, 2.24) is 9.97 Å². The van der Waals surface area contributed by atoms with Gasteiger partial charge in [-0.25, -0.2) is 9.97 Å². The second kappa shape index (κ2) is 4.06. The lowest BCUT2D eigenvalue weighted by Crippen LogP contribution is -1.94. The molecule has 0 fully saturated rings. The standard InChI is InChI=1S/C7H6BrN3/c8-6-4-10-7(11-5-6)2-1-3-9/h4-5H,3,9H2. The Bertz CT molecular complexity index is 283. The minimum atomic E-state index is 0.333. The molecule has 0 aliphatic carbocycles. The second-order valence-corrected chi connectivity index (χ2v) is 2.65. The predicted molar refractivity (Wildman–Crippen MR) is 45.7 cm³/mol. The Morgan fingerprint density at radius 1 is 1.45 bits per heavy atom. The molecule has 0 saturated carbocycles. The van der Waals surface area contributed by atoms with Crippen LogP contribution in [0.25, 0.3) is 0 Å². The number of rotatable bonds is 0. The molecule has 11 heavy (non-hydrogen) atoms.